The maximum Gasteiger partial charge on any atom is 0.209 e. The van der Waals surface area contributed by atoms with Crippen LogP contribution in [0.4, 0.5) is 0 Å². The molecule has 0 heterocycles. The average molecular weight is 512 g/mol. The van der Waals surface area contributed by atoms with Gasteiger partial charge in [-0.2, -0.15) is 0 Å². The zero-order valence-corrected chi connectivity index (χ0v) is 20.4. The summed E-state index contributed by atoms with van der Waals surface area (Å²) >= 11 is 0. The smallest absolute Gasteiger partial charge is 0.209 e. The Morgan fingerprint density at radius 2 is 1.70 bits per heavy atom. The summed E-state index contributed by atoms with van der Waals surface area (Å²) < 4.78 is 31.4. The van der Waals surface area contributed by atoms with Crippen LogP contribution in [0, 0.1) is 0 Å². The topological polar surface area (TPSA) is 91.8 Å². The second-order valence-corrected chi connectivity index (χ2v) is 9.61. The van der Waals surface area contributed by atoms with Crippen LogP contribution in [-0.4, -0.2) is 45.4 Å². The zero-order chi connectivity index (χ0) is 20.0. The molecule has 0 saturated heterocycles. The minimum absolute atomic E-state index is 0. The van der Waals surface area contributed by atoms with Gasteiger partial charge in [0.15, 0.2) is 5.96 Å². The molecule has 0 aromatic heterocycles. The second kappa shape index (κ2) is 10.5. The number of hydrogen-bond acceptors (Lipinski definition) is 4. The van der Waals surface area contributed by atoms with Crippen LogP contribution in [0.2, 0.25) is 0 Å². The standard InChI is InChI=1S/C18H32N4O3S.HI/c1-17(2,3)25-15-11-9-8-10-14(15)12-20-16(19-6)21-13-18(4,5)22-26(7,23)24;/h8-11,22H,12-13H2,1-7H3,(H2,19,20,21);1H. The number of nitrogens with zero attached hydrogens (tertiary/aromatic N) is 1. The van der Waals surface area contributed by atoms with Crippen molar-refractivity contribution < 1.29 is 13.2 Å². The first-order valence-electron chi connectivity index (χ1n) is 8.52. The Kier molecular flexibility index (Phi) is 10.1. The molecule has 0 unspecified atom stereocenters. The number of rotatable bonds is 7. The lowest BCUT2D eigenvalue weighted by Gasteiger charge is -2.26. The highest BCUT2D eigenvalue weighted by Gasteiger charge is 2.22. The molecule has 0 radical (unpaired) electrons. The predicted octanol–water partition coefficient (Wildman–Crippen LogP) is 2.47. The van der Waals surface area contributed by atoms with Crippen LogP contribution in [0.1, 0.15) is 40.2 Å². The SMILES string of the molecule is CN=C(NCc1ccccc1OC(C)(C)C)NCC(C)(C)NS(C)(=O)=O.I. The number of benzene rings is 1. The fourth-order valence-electron chi connectivity index (χ4n) is 2.32. The molecule has 0 fully saturated rings. The molecular formula is C18H33IN4O3S. The van der Waals surface area contributed by atoms with Gasteiger partial charge in [0.2, 0.25) is 10.0 Å². The summed E-state index contributed by atoms with van der Waals surface area (Å²) in [5.41, 5.74) is 0.0921. The van der Waals surface area contributed by atoms with E-state index in [0.29, 0.717) is 19.0 Å². The molecule has 0 aliphatic carbocycles. The number of halogens is 1. The molecule has 0 aliphatic rings. The normalized spacial score (nSPS) is 12.9. The van der Waals surface area contributed by atoms with Gasteiger partial charge in [-0.1, -0.05) is 18.2 Å². The van der Waals surface area contributed by atoms with Crippen LogP contribution in [0.15, 0.2) is 29.3 Å². The summed E-state index contributed by atoms with van der Waals surface area (Å²) in [6.07, 6.45) is 1.15. The van der Waals surface area contributed by atoms with Gasteiger partial charge in [-0.25, -0.2) is 13.1 Å². The van der Waals surface area contributed by atoms with Crippen LogP contribution >= 0.6 is 24.0 Å². The average Bonchev–Trinajstić information content (AvgIpc) is 2.44. The second-order valence-electron chi connectivity index (χ2n) is 7.86. The molecule has 0 spiro atoms. The maximum atomic E-state index is 11.4. The van der Waals surface area contributed by atoms with Crippen LogP contribution in [-0.2, 0) is 16.6 Å². The van der Waals surface area contributed by atoms with E-state index in [-0.39, 0.29) is 29.6 Å². The van der Waals surface area contributed by atoms with Crippen molar-refractivity contribution in [2.24, 2.45) is 4.99 Å². The molecule has 7 nitrogen and oxygen atoms in total. The van der Waals surface area contributed by atoms with Crippen molar-refractivity contribution >= 4 is 40.0 Å². The third-order valence-electron chi connectivity index (χ3n) is 3.22. The van der Waals surface area contributed by atoms with Crippen LogP contribution in [0.5, 0.6) is 5.75 Å². The fourth-order valence-corrected chi connectivity index (χ4v) is 3.40. The molecule has 0 atom stereocenters. The molecule has 27 heavy (non-hydrogen) atoms. The molecule has 0 bridgehead atoms. The summed E-state index contributed by atoms with van der Waals surface area (Å²) in [5, 5.41) is 6.37. The summed E-state index contributed by atoms with van der Waals surface area (Å²) in [7, 11) is -1.61. The Labute approximate surface area is 180 Å². The van der Waals surface area contributed by atoms with E-state index < -0.39 is 15.6 Å². The highest BCUT2D eigenvalue weighted by molar-refractivity contribution is 14.0. The zero-order valence-electron chi connectivity index (χ0n) is 17.2. The van der Waals surface area contributed by atoms with Gasteiger partial charge in [-0.15, -0.1) is 24.0 Å². The quantitative estimate of drug-likeness (QED) is 0.297. The van der Waals surface area contributed by atoms with Crippen molar-refractivity contribution in [1.82, 2.24) is 15.4 Å². The molecule has 1 aromatic carbocycles. The Hall–Kier alpha value is -1.07. The Morgan fingerprint density at radius 3 is 2.22 bits per heavy atom. The fraction of sp³-hybridized carbons (Fsp3) is 0.611. The summed E-state index contributed by atoms with van der Waals surface area (Å²) in [6, 6.07) is 7.84. The first kappa shape index (κ1) is 25.9. The number of ether oxygens (including phenoxy) is 1. The van der Waals surface area contributed by atoms with Gasteiger partial charge in [0, 0.05) is 31.2 Å². The molecule has 9 heteroatoms. The molecule has 0 aliphatic heterocycles. The molecule has 3 N–H and O–H groups in total. The Balaban J connectivity index is 0.00000676. The lowest BCUT2D eigenvalue weighted by Crippen LogP contribution is -2.52. The third-order valence-corrected chi connectivity index (χ3v) is 4.14. The van der Waals surface area contributed by atoms with Gasteiger partial charge < -0.3 is 15.4 Å². The van der Waals surface area contributed by atoms with E-state index in [0.717, 1.165) is 17.6 Å². The number of aliphatic imine (C=N–C) groups is 1. The van der Waals surface area contributed by atoms with E-state index >= 15 is 0 Å². The van der Waals surface area contributed by atoms with E-state index in [1.807, 2.05) is 45.0 Å². The van der Waals surface area contributed by atoms with Gasteiger partial charge in [0.25, 0.3) is 0 Å². The van der Waals surface area contributed by atoms with E-state index in [1.54, 1.807) is 20.9 Å². The van der Waals surface area contributed by atoms with Gasteiger partial charge >= 0.3 is 0 Å². The number of guanidine groups is 1. The van der Waals surface area contributed by atoms with Crippen molar-refractivity contribution in [3.63, 3.8) is 0 Å². The predicted molar refractivity (Wildman–Crippen MR) is 122 cm³/mol. The van der Waals surface area contributed by atoms with E-state index in [2.05, 4.69) is 20.3 Å². The number of para-hydroxylation sites is 1. The number of nitrogens with one attached hydrogen (secondary N) is 3. The van der Waals surface area contributed by atoms with Crippen molar-refractivity contribution in [3.8, 4) is 5.75 Å². The first-order valence-corrected chi connectivity index (χ1v) is 10.4. The molecular weight excluding hydrogens is 479 g/mol. The Bertz CT molecular complexity index is 728. The summed E-state index contributed by atoms with van der Waals surface area (Å²) in [5.74, 6) is 1.40. The molecule has 156 valence electrons. The van der Waals surface area contributed by atoms with E-state index in [4.69, 9.17) is 4.74 Å². The van der Waals surface area contributed by atoms with Crippen LogP contribution in [0.25, 0.3) is 0 Å². The van der Waals surface area contributed by atoms with Gasteiger partial charge in [0.1, 0.15) is 11.4 Å². The lowest BCUT2D eigenvalue weighted by atomic mass is 10.1. The van der Waals surface area contributed by atoms with Crippen molar-refractivity contribution in [1.29, 1.82) is 0 Å². The van der Waals surface area contributed by atoms with Gasteiger partial charge in [-0.05, 0) is 40.7 Å². The van der Waals surface area contributed by atoms with E-state index in [9.17, 15) is 8.42 Å². The third kappa shape index (κ3) is 11.4. The summed E-state index contributed by atoms with van der Waals surface area (Å²) in [6.45, 7) is 10.6. The van der Waals surface area contributed by atoms with E-state index in [1.165, 1.54) is 0 Å². The Morgan fingerprint density at radius 1 is 1.11 bits per heavy atom. The van der Waals surface area contributed by atoms with Crippen LogP contribution in [0.3, 0.4) is 0 Å². The van der Waals surface area contributed by atoms with Crippen LogP contribution < -0.4 is 20.1 Å². The maximum absolute atomic E-state index is 11.4. The monoisotopic (exact) mass is 512 g/mol. The molecule has 0 amide bonds. The largest absolute Gasteiger partial charge is 0.488 e. The summed E-state index contributed by atoms with van der Waals surface area (Å²) in [4.78, 5) is 4.18. The highest BCUT2D eigenvalue weighted by Crippen LogP contribution is 2.22. The highest BCUT2D eigenvalue weighted by atomic mass is 127. The minimum Gasteiger partial charge on any atom is -0.488 e. The molecule has 1 rings (SSSR count). The minimum atomic E-state index is -3.28. The lowest BCUT2D eigenvalue weighted by molar-refractivity contribution is 0.129. The molecule has 0 saturated carbocycles. The van der Waals surface area contributed by atoms with Crippen molar-refractivity contribution in [2.45, 2.75) is 52.3 Å². The van der Waals surface area contributed by atoms with Gasteiger partial charge in [-0.3, -0.25) is 4.99 Å². The first-order chi connectivity index (χ1) is 11.8. The van der Waals surface area contributed by atoms with Crippen molar-refractivity contribution in [2.75, 3.05) is 19.8 Å². The number of sulfonamides is 1. The molecule has 1 aromatic rings. The van der Waals surface area contributed by atoms with Crippen molar-refractivity contribution in [3.05, 3.63) is 29.8 Å². The van der Waals surface area contributed by atoms with Gasteiger partial charge in [0.05, 0.1) is 6.26 Å². The number of hydrogen-bond donors (Lipinski definition) is 3.